The van der Waals surface area contributed by atoms with Gasteiger partial charge in [0.2, 0.25) is 0 Å². The van der Waals surface area contributed by atoms with Crippen molar-refractivity contribution < 1.29 is 30.2 Å². The minimum absolute atomic E-state index is 0.179. The van der Waals surface area contributed by atoms with Gasteiger partial charge in [-0.3, -0.25) is 0 Å². The number of benzene rings is 16. The van der Waals surface area contributed by atoms with Crippen LogP contribution in [0, 0.1) is 0 Å². The molecule has 118 heavy (non-hydrogen) atoms. The Balaban J connectivity index is 1.04. The smallest absolute Gasteiger partial charge is 0.252 e. The third-order valence-corrected chi connectivity index (χ3v) is 23.8. The van der Waals surface area contributed by atoms with Crippen LogP contribution in [0.25, 0.3) is 138 Å². The second kappa shape index (κ2) is 27.1. The van der Waals surface area contributed by atoms with E-state index in [0.29, 0.717) is 67.0 Å². The Hall–Kier alpha value is -13.4. The summed E-state index contributed by atoms with van der Waals surface area (Å²) in [5.41, 5.74) is 9.02. The van der Waals surface area contributed by atoms with Crippen LogP contribution in [0.15, 0.2) is 351 Å². The van der Waals surface area contributed by atoms with E-state index in [9.17, 15) is 30.2 Å². The number of para-hydroxylation sites is 8. The fourth-order valence-corrected chi connectivity index (χ4v) is 17.8. The molecule has 2 aliphatic rings. The Kier molecular flexibility index (Phi) is 12.0. The Labute approximate surface area is 724 Å². The van der Waals surface area contributed by atoms with Gasteiger partial charge in [0, 0.05) is 94.4 Å². The van der Waals surface area contributed by atoms with E-state index in [-0.39, 0.29) is 82.3 Å². The normalized spacial score (nSPS) is 15.6. The van der Waals surface area contributed by atoms with Gasteiger partial charge in [0.15, 0.2) is 0 Å². The van der Waals surface area contributed by atoms with Crippen LogP contribution >= 0.6 is 0 Å². The van der Waals surface area contributed by atoms with E-state index in [1.165, 1.54) is 0 Å². The molecule has 3 aromatic heterocycles. The highest BCUT2D eigenvalue weighted by Crippen LogP contribution is 2.56. The summed E-state index contributed by atoms with van der Waals surface area (Å²) in [6.07, 6.45) is 0. The first-order chi connectivity index (χ1) is 66.3. The van der Waals surface area contributed by atoms with Gasteiger partial charge in [-0.1, -0.05) is 344 Å². The molecule has 0 atom stereocenters. The SMILES string of the molecule is [2H]c1c([2H])c(-n2c3c([2H])c([2H])c([2H])c([2H])c3c3c([2H])c([2H])c([2H])c([2H])c32)c([2H])c2c1B1c3c(cc(-c4ccc5c(c4)c4ccccc4n5-c4ccccc4)cc3N(c3c(-c4ccc(C(C)(C)C)cc4)cccc3-c3ccc(C(C)(C)C)cc3)c3c([2H])c(-n4c5c([2H])c([2H])c([2H])c([2H])c5c5c([2H])c([2H])c([2H])c([2H])c54)c([2H])c([2H])c31)N2c1c(-c2ccc(C(C)(C)C)cc2)cccc1-c1ccc(C(C)(C)C)cc1. The van der Waals surface area contributed by atoms with E-state index in [1.54, 1.807) is 0 Å². The van der Waals surface area contributed by atoms with Crippen molar-refractivity contribution in [1.29, 1.82) is 0 Å². The molecule has 0 spiro atoms. The maximum Gasteiger partial charge on any atom is 0.252 e. The largest absolute Gasteiger partial charge is 0.310 e. The molecule has 16 aromatic carbocycles. The van der Waals surface area contributed by atoms with Crippen LogP contribution < -0.4 is 26.2 Å². The zero-order valence-corrected chi connectivity index (χ0v) is 67.6. The van der Waals surface area contributed by atoms with Crippen molar-refractivity contribution in [1.82, 2.24) is 13.7 Å². The molecule has 0 radical (unpaired) electrons. The van der Waals surface area contributed by atoms with E-state index in [4.69, 9.17) is 0 Å². The Morgan fingerprint density at radius 1 is 0.246 bits per heavy atom. The number of hydrogen-bond donors (Lipinski definition) is 0. The highest BCUT2D eigenvalue weighted by Gasteiger charge is 2.46. The Morgan fingerprint density at radius 3 is 0.949 bits per heavy atom. The first kappa shape index (κ1) is 52.2. The van der Waals surface area contributed by atoms with Crippen LogP contribution in [0.1, 0.15) is 135 Å². The van der Waals surface area contributed by atoms with Crippen molar-refractivity contribution >= 4 is 123 Å². The molecule has 19 aromatic rings. The van der Waals surface area contributed by atoms with E-state index in [0.717, 1.165) is 58.9 Å². The number of aromatic nitrogens is 3. The highest BCUT2D eigenvalue weighted by molar-refractivity contribution is 7.00. The molecule has 0 bridgehead atoms. The number of nitrogens with zero attached hydrogens (tertiary/aromatic N) is 5. The summed E-state index contributed by atoms with van der Waals surface area (Å²) in [4.78, 5) is 3.81. The minimum atomic E-state index is -1.72. The fraction of sp³-hybridized carbons (Fsp3) is 0.143. The lowest BCUT2D eigenvalue weighted by Gasteiger charge is -2.46. The van der Waals surface area contributed by atoms with Crippen molar-refractivity contribution in [3.63, 3.8) is 0 Å². The van der Waals surface area contributed by atoms with Gasteiger partial charge in [0.05, 0.1) is 74.6 Å². The molecule has 6 heteroatoms. The monoisotopic (exact) mass is 1540 g/mol. The average Bonchev–Trinajstić information content (AvgIpc) is 0.912. The summed E-state index contributed by atoms with van der Waals surface area (Å²) in [6, 6.07) is 56.7. The van der Waals surface area contributed by atoms with Crippen molar-refractivity contribution in [2.45, 2.75) is 105 Å². The topological polar surface area (TPSA) is 21.3 Å². The molecule has 5 heterocycles. The molecule has 21 rings (SSSR count). The Morgan fingerprint density at radius 2 is 0.576 bits per heavy atom. The molecule has 0 saturated heterocycles. The summed E-state index contributed by atoms with van der Waals surface area (Å²) in [5, 5.41) is 0.266. The molecule has 0 fully saturated rings. The van der Waals surface area contributed by atoms with Crippen LogP contribution in [0.4, 0.5) is 34.1 Å². The lowest BCUT2D eigenvalue weighted by molar-refractivity contribution is 0.590. The quantitative estimate of drug-likeness (QED) is 0.127. The molecular formula is C112H94BN5. The van der Waals surface area contributed by atoms with Gasteiger partial charge in [-0.25, -0.2) is 0 Å². The highest BCUT2D eigenvalue weighted by atomic mass is 15.2. The molecular weight excluding hydrogens is 1430 g/mol. The van der Waals surface area contributed by atoms with Crippen molar-refractivity contribution in [3.8, 4) is 72.7 Å². The van der Waals surface area contributed by atoms with Crippen LogP contribution in [0.3, 0.4) is 0 Å². The van der Waals surface area contributed by atoms with E-state index >= 15 is 0 Å². The number of fused-ring (bicyclic) bond motifs is 13. The third-order valence-electron chi connectivity index (χ3n) is 23.8. The van der Waals surface area contributed by atoms with Crippen molar-refractivity contribution in [2.24, 2.45) is 0 Å². The van der Waals surface area contributed by atoms with Gasteiger partial charge in [-0.05, 0) is 184 Å². The van der Waals surface area contributed by atoms with E-state index in [2.05, 4.69) is 160 Å². The lowest BCUT2D eigenvalue weighted by atomic mass is 9.33. The maximum atomic E-state index is 12.1. The molecule has 0 unspecified atom stereocenters. The third kappa shape index (κ3) is 11.7. The molecule has 0 N–H and O–H groups in total. The minimum Gasteiger partial charge on any atom is -0.310 e. The number of rotatable bonds is 10. The van der Waals surface area contributed by atoms with E-state index in [1.807, 2.05) is 155 Å². The van der Waals surface area contributed by atoms with Gasteiger partial charge in [-0.2, -0.15) is 0 Å². The molecule has 2 aliphatic heterocycles. The van der Waals surface area contributed by atoms with Gasteiger partial charge in [0.1, 0.15) is 0 Å². The molecule has 5 nitrogen and oxygen atoms in total. The van der Waals surface area contributed by atoms with Gasteiger partial charge >= 0.3 is 0 Å². The zero-order valence-electron chi connectivity index (χ0n) is 89.6. The van der Waals surface area contributed by atoms with Crippen LogP contribution in [0.5, 0.6) is 0 Å². The standard InChI is InChI=1S/C112H94BN5/c1-109(2,3)77-53-44-71(45-54-77)84-35-26-36-85(72-46-55-78(56-47-72)110(4,5)6)107(84)117-102-69-82(115-96-39-21-16-30-88(96)89-31-17-22-40-97(89)115)61-63-94(102)113-95-64-62-83(116-98-41-23-18-32-90(98)91-33-19-24-42-99(91)116)70-103(95)118(108-86(73-48-57-79(58-49-73)111(7,8)9)37-27-38-87(108)74-50-59-80(60-51-74)112(10,11)12)105-68-76(67-104(117)106(105)113)75-52-65-101-93(66-75)92-34-20-25-43-100(92)114(101)81-28-14-13-15-29-81/h13-70H,1-12H3/i16D,17D,18D,19D,21D,22D,23D,24D,30D,31D,32D,33D,39D,40D,41D,42D,61D,62D,63D,64D,69D,70D. The molecule has 0 saturated carbocycles. The fourth-order valence-electron chi connectivity index (χ4n) is 17.8. The first-order valence-corrected chi connectivity index (χ1v) is 40.1. The van der Waals surface area contributed by atoms with Gasteiger partial charge < -0.3 is 23.5 Å². The van der Waals surface area contributed by atoms with Crippen molar-refractivity contribution in [3.05, 3.63) is 374 Å². The van der Waals surface area contributed by atoms with Crippen LogP contribution in [-0.4, -0.2) is 20.4 Å². The number of anilines is 6. The first-order valence-electron chi connectivity index (χ1n) is 51.1. The second-order valence-electron chi connectivity index (χ2n) is 35.2. The summed E-state index contributed by atoms with van der Waals surface area (Å²) < 4.78 is 229. The average molecular weight is 1540 g/mol. The zero-order chi connectivity index (χ0) is 99.6. The Bertz CT molecular complexity index is 7930. The maximum absolute atomic E-state index is 12.1. The van der Waals surface area contributed by atoms with Gasteiger partial charge in [-0.15, -0.1) is 0 Å². The molecule has 0 amide bonds. The molecule has 570 valence electrons. The number of hydrogen-bond acceptors (Lipinski definition) is 2. The van der Waals surface area contributed by atoms with Crippen molar-refractivity contribution in [2.75, 3.05) is 9.80 Å². The summed E-state index contributed by atoms with van der Waals surface area (Å²) >= 11 is 0. The summed E-state index contributed by atoms with van der Waals surface area (Å²) in [7, 11) is 0. The molecule has 0 aliphatic carbocycles. The second-order valence-corrected chi connectivity index (χ2v) is 35.2. The van der Waals surface area contributed by atoms with Gasteiger partial charge in [0.25, 0.3) is 6.71 Å². The lowest BCUT2D eigenvalue weighted by Crippen LogP contribution is -2.61. The van der Waals surface area contributed by atoms with E-state index < -0.39 is 173 Å². The van der Waals surface area contributed by atoms with Crippen LogP contribution in [-0.2, 0) is 21.7 Å². The predicted octanol–water partition coefficient (Wildman–Crippen LogP) is 28.6. The van der Waals surface area contributed by atoms with Crippen LogP contribution in [0.2, 0.25) is 0 Å². The summed E-state index contributed by atoms with van der Waals surface area (Å²) in [5.74, 6) is 0. The summed E-state index contributed by atoms with van der Waals surface area (Å²) in [6.45, 7) is 23.7. The predicted molar refractivity (Wildman–Crippen MR) is 505 cm³/mol.